The van der Waals surface area contributed by atoms with Crippen molar-refractivity contribution in [2.24, 2.45) is 5.92 Å². The van der Waals surface area contributed by atoms with Crippen molar-refractivity contribution in [2.75, 3.05) is 44.6 Å². The molecule has 7 heteroatoms. The molecule has 0 aliphatic carbocycles. The Labute approximate surface area is 180 Å². The van der Waals surface area contributed by atoms with Gasteiger partial charge in [0.15, 0.2) is 0 Å². The molecule has 1 atom stereocenters. The summed E-state index contributed by atoms with van der Waals surface area (Å²) in [4.78, 5) is 28.8. The Bertz CT molecular complexity index is 660. The Morgan fingerprint density at radius 3 is 2.14 bits per heavy atom. The highest BCUT2D eigenvalue weighted by molar-refractivity contribution is 6.33. The molecule has 1 heterocycles. The molecule has 0 aromatic heterocycles. The summed E-state index contributed by atoms with van der Waals surface area (Å²) in [5, 5.41) is 6.50. The van der Waals surface area contributed by atoms with Gasteiger partial charge < -0.3 is 10.6 Å². The third-order valence-electron chi connectivity index (χ3n) is 5.17. The van der Waals surface area contributed by atoms with E-state index in [1.807, 2.05) is 12.1 Å². The Kier molecular flexibility index (Phi) is 9.91. The lowest BCUT2D eigenvalue weighted by atomic mass is 10.0. The Morgan fingerprint density at radius 2 is 1.55 bits per heavy atom. The van der Waals surface area contributed by atoms with Crippen LogP contribution in [0, 0.1) is 5.92 Å². The van der Waals surface area contributed by atoms with Crippen LogP contribution in [-0.2, 0) is 9.59 Å². The molecule has 1 aliphatic rings. The lowest BCUT2D eigenvalue weighted by molar-refractivity contribution is -0.124. The van der Waals surface area contributed by atoms with Gasteiger partial charge >= 0.3 is 0 Å². The summed E-state index contributed by atoms with van der Waals surface area (Å²) >= 11 is 6.08. The fourth-order valence-corrected chi connectivity index (χ4v) is 3.67. The van der Waals surface area contributed by atoms with E-state index in [9.17, 15) is 9.59 Å². The lowest BCUT2D eigenvalue weighted by Crippen LogP contribution is -2.51. The van der Waals surface area contributed by atoms with Crippen LogP contribution in [-0.4, -0.2) is 66.9 Å². The van der Waals surface area contributed by atoms with E-state index >= 15 is 0 Å². The van der Waals surface area contributed by atoms with Crippen LogP contribution in [0.5, 0.6) is 0 Å². The highest BCUT2D eigenvalue weighted by atomic mass is 35.5. The van der Waals surface area contributed by atoms with Gasteiger partial charge in [0.2, 0.25) is 11.8 Å². The molecule has 6 nitrogen and oxygen atoms in total. The summed E-state index contributed by atoms with van der Waals surface area (Å²) in [6.45, 7) is 10.4. The number of halogens is 1. The molecule has 1 aromatic carbocycles. The minimum absolute atomic E-state index is 0.0699. The maximum Gasteiger partial charge on any atom is 0.238 e. The zero-order valence-corrected chi connectivity index (χ0v) is 18.7. The van der Waals surface area contributed by atoms with Crippen LogP contribution in [0.4, 0.5) is 5.69 Å². The first kappa shape index (κ1) is 23.6. The molecule has 1 saturated heterocycles. The molecule has 2 amide bonds. The first-order valence-corrected chi connectivity index (χ1v) is 11.0. The van der Waals surface area contributed by atoms with Gasteiger partial charge in [-0.25, -0.2) is 0 Å². The van der Waals surface area contributed by atoms with Gasteiger partial charge in [0.25, 0.3) is 0 Å². The molecule has 2 N–H and O–H groups in total. The number of amides is 2. The maximum absolute atomic E-state index is 12.3. The van der Waals surface area contributed by atoms with E-state index < -0.39 is 0 Å². The molecule has 0 unspecified atom stereocenters. The van der Waals surface area contributed by atoms with Crippen LogP contribution < -0.4 is 10.6 Å². The first-order chi connectivity index (χ1) is 13.8. The molecule has 0 bridgehead atoms. The van der Waals surface area contributed by atoms with Gasteiger partial charge in [-0.1, -0.05) is 50.4 Å². The summed E-state index contributed by atoms with van der Waals surface area (Å²) in [7, 11) is 0. The molecule has 2 rings (SSSR count). The summed E-state index contributed by atoms with van der Waals surface area (Å²) < 4.78 is 0. The van der Waals surface area contributed by atoms with E-state index in [1.54, 1.807) is 12.1 Å². The predicted octanol–water partition coefficient (Wildman–Crippen LogP) is 3.23. The van der Waals surface area contributed by atoms with E-state index in [2.05, 4.69) is 41.2 Å². The largest absolute Gasteiger partial charge is 0.353 e. The fourth-order valence-electron chi connectivity index (χ4n) is 3.49. The summed E-state index contributed by atoms with van der Waals surface area (Å²) in [6.07, 6.45) is 3.37. The molecule has 0 radical (unpaired) electrons. The van der Waals surface area contributed by atoms with Crippen molar-refractivity contribution in [3.8, 4) is 0 Å². The van der Waals surface area contributed by atoms with Crippen molar-refractivity contribution in [2.45, 2.75) is 46.1 Å². The molecule has 1 aliphatic heterocycles. The van der Waals surface area contributed by atoms with Gasteiger partial charge in [0, 0.05) is 32.2 Å². The number of anilines is 1. The average Bonchev–Trinajstić information content (AvgIpc) is 2.65. The number of nitrogens with one attached hydrogen (secondary N) is 2. The Morgan fingerprint density at radius 1 is 0.966 bits per heavy atom. The smallest absolute Gasteiger partial charge is 0.238 e. The van der Waals surface area contributed by atoms with Crippen molar-refractivity contribution in [1.82, 2.24) is 15.1 Å². The van der Waals surface area contributed by atoms with Crippen LogP contribution in [0.15, 0.2) is 24.3 Å². The first-order valence-electron chi connectivity index (χ1n) is 10.6. The van der Waals surface area contributed by atoms with E-state index in [4.69, 9.17) is 11.6 Å². The molecule has 1 fully saturated rings. The van der Waals surface area contributed by atoms with Gasteiger partial charge in [-0.3, -0.25) is 19.4 Å². The Balaban J connectivity index is 1.63. The average molecular weight is 423 g/mol. The third kappa shape index (κ3) is 9.15. The predicted molar refractivity (Wildman–Crippen MR) is 119 cm³/mol. The van der Waals surface area contributed by atoms with Gasteiger partial charge in [0.1, 0.15) is 0 Å². The van der Waals surface area contributed by atoms with E-state index in [0.717, 1.165) is 39.0 Å². The highest BCUT2D eigenvalue weighted by Crippen LogP contribution is 2.20. The van der Waals surface area contributed by atoms with Gasteiger partial charge in [-0.2, -0.15) is 0 Å². The topological polar surface area (TPSA) is 64.7 Å². The van der Waals surface area contributed by atoms with Crippen LogP contribution >= 0.6 is 11.6 Å². The number of benzene rings is 1. The molecule has 0 spiro atoms. The Hall–Kier alpha value is -1.63. The number of rotatable bonds is 10. The summed E-state index contributed by atoms with van der Waals surface area (Å²) in [6, 6.07) is 7.44. The monoisotopic (exact) mass is 422 g/mol. The number of hydrogen-bond acceptors (Lipinski definition) is 4. The minimum Gasteiger partial charge on any atom is -0.353 e. The van der Waals surface area contributed by atoms with Crippen LogP contribution in [0.2, 0.25) is 5.02 Å². The zero-order valence-electron chi connectivity index (χ0n) is 17.9. The van der Waals surface area contributed by atoms with Crippen LogP contribution in [0.25, 0.3) is 0 Å². The van der Waals surface area contributed by atoms with Crippen molar-refractivity contribution in [3.05, 3.63) is 29.3 Å². The summed E-state index contributed by atoms with van der Waals surface area (Å²) in [5.41, 5.74) is 0.636. The highest BCUT2D eigenvalue weighted by Gasteiger charge is 2.21. The molecule has 29 heavy (non-hydrogen) atoms. The maximum atomic E-state index is 12.3. The van der Waals surface area contributed by atoms with Gasteiger partial charge in [0.05, 0.1) is 23.8 Å². The van der Waals surface area contributed by atoms with E-state index in [-0.39, 0.29) is 17.9 Å². The molecule has 1 aromatic rings. The number of carbonyl (C=O) groups is 2. The second-order valence-corrected chi connectivity index (χ2v) is 8.78. The third-order valence-corrected chi connectivity index (χ3v) is 5.50. The van der Waals surface area contributed by atoms with Gasteiger partial charge in [-0.15, -0.1) is 0 Å². The number of carbonyl (C=O) groups excluding carboxylic acids is 2. The van der Waals surface area contributed by atoms with Gasteiger partial charge in [-0.05, 0) is 31.4 Å². The van der Waals surface area contributed by atoms with Crippen molar-refractivity contribution in [3.63, 3.8) is 0 Å². The minimum atomic E-state index is -0.0699. The second kappa shape index (κ2) is 12.2. The molecule has 0 saturated carbocycles. The summed E-state index contributed by atoms with van der Waals surface area (Å²) in [5.74, 6) is 0.729. The molecular weight excluding hydrogens is 388 g/mol. The van der Waals surface area contributed by atoms with E-state index in [0.29, 0.717) is 29.7 Å². The van der Waals surface area contributed by atoms with Crippen molar-refractivity contribution >= 4 is 29.1 Å². The van der Waals surface area contributed by atoms with Crippen LogP contribution in [0.3, 0.4) is 0 Å². The standard InChI is InChI=1S/C22H35ClN4O2/c1-17(2)7-6-8-18(3)24-21(28)15-26-11-13-27(14-12-26)16-22(29)25-20-10-5-4-9-19(20)23/h4-5,9-10,17-18H,6-8,11-16H2,1-3H3,(H,24,28)(H,25,29)/t18-/m0/s1. The van der Waals surface area contributed by atoms with Crippen molar-refractivity contribution in [1.29, 1.82) is 0 Å². The van der Waals surface area contributed by atoms with Crippen molar-refractivity contribution < 1.29 is 9.59 Å². The molecule has 162 valence electrons. The number of nitrogens with zero attached hydrogens (tertiary/aromatic N) is 2. The number of para-hydroxylation sites is 1. The lowest BCUT2D eigenvalue weighted by Gasteiger charge is -2.34. The quantitative estimate of drug-likeness (QED) is 0.607. The molecular formula is C22H35ClN4O2. The second-order valence-electron chi connectivity index (χ2n) is 8.37. The number of piperazine rings is 1. The fraction of sp³-hybridized carbons (Fsp3) is 0.636. The number of hydrogen-bond donors (Lipinski definition) is 2. The van der Waals surface area contributed by atoms with Crippen LogP contribution in [0.1, 0.15) is 40.0 Å². The normalized spacial score (nSPS) is 16.6. The zero-order chi connectivity index (χ0) is 21.2. The van der Waals surface area contributed by atoms with E-state index in [1.165, 1.54) is 6.42 Å². The SMILES string of the molecule is CC(C)CCC[C@H](C)NC(=O)CN1CCN(CC(=O)Nc2ccccc2Cl)CC1.